The van der Waals surface area contributed by atoms with E-state index in [9.17, 15) is 0 Å². The summed E-state index contributed by atoms with van der Waals surface area (Å²) >= 11 is 0. The van der Waals surface area contributed by atoms with Crippen molar-refractivity contribution in [3.8, 4) is 12.5 Å². The first-order chi connectivity index (χ1) is 5.81. The Morgan fingerprint density at radius 1 is 1.25 bits per heavy atom. The maximum absolute atomic E-state index is 8.08. The highest BCUT2D eigenvalue weighted by Gasteiger charge is 2.01. The van der Waals surface area contributed by atoms with Crippen LogP contribution in [0.5, 0.6) is 0 Å². The van der Waals surface area contributed by atoms with E-state index in [-0.39, 0.29) is 0 Å². The van der Waals surface area contributed by atoms with Gasteiger partial charge in [-0.1, -0.05) is 6.92 Å². The quantitative estimate of drug-likeness (QED) is 0.444. The molecule has 4 nitrogen and oxygen atoms in total. The highest BCUT2D eigenvalue weighted by molar-refractivity contribution is 4.57. The first kappa shape index (κ1) is 10.6. The van der Waals surface area contributed by atoms with Crippen LogP contribution in [0.1, 0.15) is 19.8 Å². The Bertz CT molecular complexity index is 180. The minimum absolute atomic E-state index is 0.340. The fourth-order valence-corrected chi connectivity index (χ4v) is 0.812. The highest BCUT2D eigenvalue weighted by atomic mass is 16.5. The number of hydrogen-bond donors (Lipinski definition) is 0. The predicted octanol–water partition coefficient (Wildman–Crippen LogP) is 1.40. The zero-order valence-electron chi connectivity index (χ0n) is 7.12. The molecule has 1 unspecified atom stereocenters. The first-order valence-corrected chi connectivity index (χ1v) is 3.83. The summed E-state index contributed by atoms with van der Waals surface area (Å²) in [6, 6.07) is 0. The number of nitriles is 2. The molecule has 0 aromatic rings. The van der Waals surface area contributed by atoms with Crippen LogP contribution < -0.4 is 0 Å². The second kappa shape index (κ2) is 7.68. The molecule has 0 bridgehead atoms. The number of ether oxygens (including phenoxy) is 2. The van der Waals surface area contributed by atoms with Crippen LogP contribution in [0.2, 0.25) is 0 Å². The van der Waals surface area contributed by atoms with Crippen molar-refractivity contribution in [1.82, 2.24) is 0 Å². The van der Waals surface area contributed by atoms with E-state index >= 15 is 0 Å². The van der Waals surface area contributed by atoms with Crippen LogP contribution >= 0.6 is 0 Å². The van der Waals surface area contributed by atoms with Crippen molar-refractivity contribution in [1.29, 1.82) is 10.5 Å². The molecule has 4 heteroatoms. The molecular weight excluding hydrogens is 156 g/mol. The monoisotopic (exact) mass is 168 g/mol. The van der Waals surface area contributed by atoms with E-state index in [2.05, 4.69) is 9.47 Å². The molecule has 0 saturated carbocycles. The van der Waals surface area contributed by atoms with Crippen LogP contribution in [-0.4, -0.2) is 13.2 Å². The summed E-state index contributed by atoms with van der Waals surface area (Å²) in [5, 5.41) is 16.1. The van der Waals surface area contributed by atoms with Crippen molar-refractivity contribution in [3.63, 3.8) is 0 Å². The maximum atomic E-state index is 8.08. The highest BCUT2D eigenvalue weighted by Crippen LogP contribution is 2.05. The zero-order chi connectivity index (χ0) is 9.23. The molecule has 0 aromatic heterocycles. The van der Waals surface area contributed by atoms with E-state index in [1.165, 1.54) is 0 Å². The van der Waals surface area contributed by atoms with E-state index in [1.54, 1.807) is 12.5 Å². The van der Waals surface area contributed by atoms with E-state index in [0.29, 0.717) is 19.1 Å². The van der Waals surface area contributed by atoms with Crippen LogP contribution in [0.3, 0.4) is 0 Å². The van der Waals surface area contributed by atoms with Gasteiger partial charge in [0.05, 0.1) is 0 Å². The average molecular weight is 168 g/mol. The summed E-state index contributed by atoms with van der Waals surface area (Å²) in [4.78, 5) is 0. The summed E-state index contributed by atoms with van der Waals surface area (Å²) in [6.45, 7) is 2.89. The van der Waals surface area contributed by atoms with Gasteiger partial charge < -0.3 is 9.47 Å². The molecule has 0 heterocycles. The van der Waals surface area contributed by atoms with Crippen LogP contribution in [0.15, 0.2) is 0 Å². The fourth-order valence-electron chi connectivity index (χ4n) is 0.812. The van der Waals surface area contributed by atoms with E-state index in [0.717, 1.165) is 12.8 Å². The second-order valence-corrected chi connectivity index (χ2v) is 2.59. The smallest absolute Gasteiger partial charge is 0.286 e. The maximum Gasteiger partial charge on any atom is 0.286 e. The van der Waals surface area contributed by atoms with Crippen LogP contribution in [-0.2, 0) is 9.47 Å². The van der Waals surface area contributed by atoms with Crippen molar-refractivity contribution in [2.45, 2.75) is 19.8 Å². The van der Waals surface area contributed by atoms with E-state index in [1.807, 2.05) is 6.92 Å². The lowest BCUT2D eigenvalue weighted by molar-refractivity contribution is 0.197. The van der Waals surface area contributed by atoms with Crippen LogP contribution in [0.25, 0.3) is 0 Å². The van der Waals surface area contributed by atoms with Gasteiger partial charge in [-0.3, -0.25) is 0 Å². The van der Waals surface area contributed by atoms with Gasteiger partial charge in [0.1, 0.15) is 13.2 Å². The van der Waals surface area contributed by atoms with Gasteiger partial charge in [0.25, 0.3) is 12.5 Å². The number of rotatable bonds is 6. The lowest BCUT2D eigenvalue weighted by Crippen LogP contribution is -2.04. The summed E-state index contributed by atoms with van der Waals surface area (Å²) in [5.41, 5.74) is 0. The Morgan fingerprint density at radius 2 is 1.92 bits per heavy atom. The van der Waals surface area contributed by atoms with Crippen molar-refractivity contribution in [3.05, 3.63) is 0 Å². The zero-order valence-corrected chi connectivity index (χ0v) is 7.12. The van der Waals surface area contributed by atoms with Gasteiger partial charge in [0.2, 0.25) is 0 Å². The SMILES string of the molecule is CC(CCCOC#N)COC#N. The van der Waals surface area contributed by atoms with Gasteiger partial charge >= 0.3 is 0 Å². The first-order valence-electron chi connectivity index (χ1n) is 3.83. The van der Waals surface area contributed by atoms with Crippen LogP contribution in [0, 0.1) is 29.0 Å². The summed E-state index contributed by atoms with van der Waals surface area (Å²) in [7, 11) is 0. The Morgan fingerprint density at radius 3 is 2.50 bits per heavy atom. The lowest BCUT2D eigenvalue weighted by atomic mass is 10.1. The molecule has 0 radical (unpaired) electrons. The predicted molar refractivity (Wildman–Crippen MR) is 41.5 cm³/mol. The van der Waals surface area contributed by atoms with Gasteiger partial charge in [-0.2, -0.15) is 10.5 Å². The van der Waals surface area contributed by atoms with Gasteiger partial charge in [-0.25, -0.2) is 0 Å². The molecular formula is C8H12N2O2. The number of nitrogens with zero attached hydrogens (tertiary/aromatic N) is 2. The largest absolute Gasteiger partial charge is 0.428 e. The third kappa shape index (κ3) is 6.70. The number of hydrogen-bond acceptors (Lipinski definition) is 4. The van der Waals surface area contributed by atoms with Gasteiger partial charge in [0, 0.05) is 0 Å². The molecule has 0 saturated heterocycles. The molecule has 0 fully saturated rings. The average Bonchev–Trinajstić information content (AvgIpc) is 2.09. The molecule has 0 amide bonds. The molecule has 12 heavy (non-hydrogen) atoms. The van der Waals surface area contributed by atoms with E-state index < -0.39 is 0 Å². The molecule has 0 rings (SSSR count). The van der Waals surface area contributed by atoms with Crippen molar-refractivity contribution in [2.75, 3.05) is 13.2 Å². The third-order valence-corrected chi connectivity index (χ3v) is 1.44. The second-order valence-electron chi connectivity index (χ2n) is 2.59. The Balaban J connectivity index is 3.16. The van der Waals surface area contributed by atoms with Gasteiger partial charge in [-0.15, -0.1) is 0 Å². The molecule has 1 atom stereocenters. The summed E-state index contributed by atoms with van der Waals surface area (Å²) in [6.07, 6.45) is 4.95. The molecule has 0 aromatic carbocycles. The summed E-state index contributed by atoms with van der Waals surface area (Å²) < 4.78 is 9.04. The van der Waals surface area contributed by atoms with Crippen molar-refractivity contribution < 1.29 is 9.47 Å². The molecule has 0 aliphatic rings. The van der Waals surface area contributed by atoms with Gasteiger partial charge in [-0.05, 0) is 18.8 Å². The fraction of sp³-hybridized carbons (Fsp3) is 0.750. The topological polar surface area (TPSA) is 66.0 Å². The Labute approximate surface area is 72.3 Å². The standard InChI is InChI=1S/C8H12N2O2/c1-8(5-12-7-10)3-2-4-11-6-9/h8H,2-5H2,1H3. The lowest BCUT2D eigenvalue weighted by Gasteiger charge is -2.06. The van der Waals surface area contributed by atoms with Gasteiger partial charge in [0.15, 0.2) is 0 Å². The molecule has 0 aliphatic carbocycles. The van der Waals surface area contributed by atoms with Crippen molar-refractivity contribution >= 4 is 0 Å². The minimum Gasteiger partial charge on any atom is -0.428 e. The third-order valence-electron chi connectivity index (χ3n) is 1.44. The summed E-state index contributed by atoms with van der Waals surface area (Å²) in [5.74, 6) is 0.340. The Kier molecular flexibility index (Phi) is 6.78. The minimum atomic E-state index is 0.340. The Hall–Kier alpha value is -1.42. The van der Waals surface area contributed by atoms with E-state index in [4.69, 9.17) is 10.5 Å². The normalized spacial score (nSPS) is 10.9. The molecule has 0 N–H and O–H groups in total. The van der Waals surface area contributed by atoms with Crippen LogP contribution in [0.4, 0.5) is 0 Å². The van der Waals surface area contributed by atoms with Crippen molar-refractivity contribution in [2.24, 2.45) is 5.92 Å². The molecule has 66 valence electrons. The molecule has 0 aliphatic heterocycles. The molecule has 0 spiro atoms.